The van der Waals surface area contributed by atoms with Gasteiger partial charge in [-0.2, -0.15) is 0 Å². The fourth-order valence-corrected chi connectivity index (χ4v) is 5.83. The third-order valence-electron chi connectivity index (χ3n) is 7.04. The smallest absolute Gasteiger partial charge is 0.340 e. The highest BCUT2D eigenvalue weighted by Crippen LogP contribution is 2.46. The summed E-state index contributed by atoms with van der Waals surface area (Å²) in [6.45, 7) is 0. The van der Waals surface area contributed by atoms with Crippen LogP contribution in [0.4, 0.5) is 11.4 Å². The van der Waals surface area contributed by atoms with E-state index in [1.165, 1.54) is 36.4 Å². The van der Waals surface area contributed by atoms with E-state index in [9.17, 15) is 53.3 Å². The van der Waals surface area contributed by atoms with Crippen LogP contribution in [0.5, 0.6) is 0 Å². The topological polar surface area (TPSA) is 235 Å². The number of nitro groups is 1. The molecule has 15 heteroatoms. The van der Waals surface area contributed by atoms with Crippen molar-refractivity contribution in [2.45, 2.75) is 35.9 Å². The zero-order valence-electron chi connectivity index (χ0n) is 21.3. The summed E-state index contributed by atoms with van der Waals surface area (Å²) >= 11 is 0. The highest BCUT2D eigenvalue weighted by molar-refractivity contribution is 7.92. The van der Waals surface area contributed by atoms with Gasteiger partial charge in [0.15, 0.2) is 17.6 Å². The van der Waals surface area contributed by atoms with Crippen LogP contribution in [0.15, 0.2) is 74.5 Å². The normalized spacial score (nSPS) is 20.0. The quantitative estimate of drug-likeness (QED) is 0.149. The van der Waals surface area contributed by atoms with E-state index >= 15 is 0 Å². The van der Waals surface area contributed by atoms with Crippen molar-refractivity contribution in [1.82, 2.24) is 0 Å². The zero-order valence-corrected chi connectivity index (χ0v) is 22.1. The largest absolute Gasteiger partial charge is 0.506 e. The Morgan fingerprint density at radius 2 is 1.64 bits per heavy atom. The number of Topliss-reactive ketones (excluding diaryl/α,β-unsaturated/α-hetero) is 2. The van der Waals surface area contributed by atoms with Gasteiger partial charge >= 0.3 is 5.63 Å². The minimum atomic E-state index is -4.19. The molecule has 1 heterocycles. The fraction of sp³-hybridized carbons (Fsp3) is 0.222. The average molecular weight is 599 g/mol. The van der Waals surface area contributed by atoms with Gasteiger partial charge in [0.25, 0.3) is 15.7 Å². The van der Waals surface area contributed by atoms with Crippen molar-refractivity contribution in [3.8, 4) is 0 Å². The van der Waals surface area contributed by atoms with Gasteiger partial charge in [-0.1, -0.05) is 18.2 Å². The molecule has 0 bridgehead atoms. The van der Waals surface area contributed by atoms with E-state index in [1.807, 2.05) is 0 Å². The summed E-state index contributed by atoms with van der Waals surface area (Å²) < 4.78 is 33.1. The number of carbonyl (C=O) groups excluding carboxylic acids is 2. The van der Waals surface area contributed by atoms with Crippen molar-refractivity contribution in [2.75, 3.05) is 4.72 Å². The molecule has 0 saturated heterocycles. The number of nitrogens with zero attached hydrogens (tertiary/aromatic N) is 1. The lowest BCUT2D eigenvalue weighted by Crippen LogP contribution is -2.41. The Morgan fingerprint density at radius 1 is 0.976 bits per heavy atom. The van der Waals surface area contributed by atoms with Gasteiger partial charge in [-0.15, -0.1) is 0 Å². The molecule has 14 nitrogen and oxygen atoms in total. The molecule has 42 heavy (non-hydrogen) atoms. The van der Waals surface area contributed by atoms with Crippen molar-refractivity contribution < 1.29 is 47.8 Å². The number of benzene rings is 2. The van der Waals surface area contributed by atoms with E-state index in [4.69, 9.17) is 4.42 Å². The van der Waals surface area contributed by atoms with Crippen molar-refractivity contribution >= 4 is 38.7 Å². The van der Waals surface area contributed by atoms with Crippen molar-refractivity contribution in [3.63, 3.8) is 0 Å². The summed E-state index contributed by atoms with van der Waals surface area (Å²) in [5.74, 6) is -6.93. The molecule has 5 rings (SSSR count). The summed E-state index contributed by atoms with van der Waals surface area (Å²) in [7, 11) is -4.19. The average Bonchev–Trinajstić information content (AvgIpc) is 3.81. The number of nitro benzene ring substituents is 1. The predicted molar refractivity (Wildman–Crippen MR) is 143 cm³/mol. The number of rotatable bonds is 7. The second kappa shape index (κ2) is 10.5. The van der Waals surface area contributed by atoms with Gasteiger partial charge in [0.05, 0.1) is 15.4 Å². The number of ketones is 2. The Labute approximate surface area is 236 Å². The van der Waals surface area contributed by atoms with Gasteiger partial charge in [0, 0.05) is 29.3 Å². The second-order valence-corrected chi connectivity index (χ2v) is 11.5. The van der Waals surface area contributed by atoms with Gasteiger partial charge in [-0.3, -0.25) is 24.4 Å². The van der Waals surface area contributed by atoms with Gasteiger partial charge in [-0.05, 0) is 48.6 Å². The van der Waals surface area contributed by atoms with Crippen LogP contribution in [0.1, 0.15) is 46.0 Å². The molecule has 1 aromatic heterocycles. The molecule has 0 radical (unpaired) electrons. The Hall–Kier alpha value is -4.86. The molecule has 0 aliphatic heterocycles. The number of fused-ring (bicyclic) bond motifs is 1. The first kappa shape index (κ1) is 28.7. The molecule has 0 spiro atoms. The number of nitrogens with one attached hydrogen (secondary N) is 1. The van der Waals surface area contributed by atoms with Crippen LogP contribution in [0.25, 0.3) is 5.76 Å². The van der Waals surface area contributed by atoms with Gasteiger partial charge in [0.1, 0.15) is 6.10 Å². The van der Waals surface area contributed by atoms with E-state index < -0.39 is 78.8 Å². The minimum Gasteiger partial charge on any atom is -0.506 e. The Kier molecular flexibility index (Phi) is 7.18. The van der Waals surface area contributed by atoms with Crippen LogP contribution in [-0.2, 0) is 14.8 Å². The summed E-state index contributed by atoms with van der Waals surface area (Å²) in [6, 6.07) is 11.4. The molecule has 1 saturated carbocycles. The van der Waals surface area contributed by atoms with E-state index in [2.05, 4.69) is 4.72 Å². The second-order valence-electron chi connectivity index (χ2n) is 9.85. The predicted octanol–water partition coefficient (Wildman–Crippen LogP) is 2.16. The van der Waals surface area contributed by atoms with E-state index in [1.54, 1.807) is 0 Å². The summed E-state index contributed by atoms with van der Waals surface area (Å²) in [5.41, 5.74) is -1.44. The maximum absolute atomic E-state index is 13.1. The minimum absolute atomic E-state index is 0.0646. The molecule has 3 atom stereocenters. The lowest BCUT2D eigenvalue weighted by Gasteiger charge is -2.22. The molecule has 0 amide bonds. The van der Waals surface area contributed by atoms with Crippen LogP contribution in [0, 0.1) is 16.0 Å². The lowest BCUT2D eigenvalue weighted by molar-refractivity contribution is -0.385. The SMILES string of the molecule is O=C1C(=O)C(O)C(O)C(O)=C(O)c2oc(=O)c(C(c3ccc(NS(=O)(=O)c4cccc([N+](=O)[O-])c4)cc3)C3CC3)cc21. The standard InChI is InChI=1S/C27H22N2O12S/c30-20-18-11-17(27(36)41-26(18)25(35)24(34)23(33)22(32)21(20)31)19(12-4-5-12)13-6-8-14(9-7-13)28-42(39,40)16-3-1-2-15(10-16)29(37)38/h1-3,6-12,19,22-23,28,32-35H,4-5H2. The van der Waals surface area contributed by atoms with Crippen molar-refractivity contribution in [2.24, 2.45) is 5.92 Å². The van der Waals surface area contributed by atoms with Crippen LogP contribution in [0.3, 0.4) is 0 Å². The third kappa shape index (κ3) is 5.15. The fourth-order valence-electron chi connectivity index (χ4n) is 4.74. The van der Waals surface area contributed by atoms with Gasteiger partial charge in [0.2, 0.25) is 17.3 Å². The Morgan fingerprint density at radius 3 is 2.26 bits per heavy atom. The lowest BCUT2D eigenvalue weighted by atomic mass is 9.86. The number of carbonyl (C=O) groups is 2. The number of aliphatic hydroxyl groups is 4. The molecule has 218 valence electrons. The van der Waals surface area contributed by atoms with Crippen LogP contribution < -0.4 is 10.3 Å². The van der Waals surface area contributed by atoms with Gasteiger partial charge < -0.3 is 24.8 Å². The molecule has 2 aromatic carbocycles. The molecule has 1 fully saturated rings. The molecule has 3 unspecified atom stereocenters. The first-order valence-corrected chi connectivity index (χ1v) is 13.9. The molecular weight excluding hydrogens is 576 g/mol. The molecular formula is C27H22N2O12S. The van der Waals surface area contributed by atoms with Crippen molar-refractivity contribution in [1.29, 1.82) is 0 Å². The number of anilines is 1. The first-order valence-electron chi connectivity index (χ1n) is 12.4. The maximum atomic E-state index is 13.1. The molecule has 5 N–H and O–H groups in total. The van der Waals surface area contributed by atoms with Crippen LogP contribution >= 0.6 is 0 Å². The zero-order chi connectivity index (χ0) is 30.5. The highest BCUT2D eigenvalue weighted by atomic mass is 32.2. The molecule has 2 aliphatic carbocycles. The van der Waals surface area contributed by atoms with E-state index in [-0.39, 0.29) is 22.1 Å². The van der Waals surface area contributed by atoms with Gasteiger partial charge in [-0.25, -0.2) is 13.2 Å². The molecule has 2 aliphatic rings. The number of hydrogen-bond donors (Lipinski definition) is 5. The summed E-state index contributed by atoms with van der Waals surface area (Å²) in [4.78, 5) is 48.3. The summed E-state index contributed by atoms with van der Waals surface area (Å²) in [5, 5.41) is 51.3. The monoisotopic (exact) mass is 598 g/mol. The third-order valence-corrected chi connectivity index (χ3v) is 8.42. The number of non-ortho nitro benzene ring substituents is 1. The number of sulfonamides is 1. The maximum Gasteiger partial charge on any atom is 0.340 e. The van der Waals surface area contributed by atoms with Crippen molar-refractivity contribution in [3.05, 3.63) is 103 Å². The Balaban J connectivity index is 1.51. The highest BCUT2D eigenvalue weighted by Gasteiger charge is 2.42. The van der Waals surface area contributed by atoms with Crippen LogP contribution in [-0.4, -0.2) is 57.5 Å². The summed E-state index contributed by atoms with van der Waals surface area (Å²) in [6.07, 6.45) is -3.33. The number of hydrogen-bond acceptors (Lipinski definition) is 12. The first-order chi connectivity index (χ1) is 19.8. The van der Waals surface area contributed by atoms with Crippen LogP contribution in [0.2, 0.25) is 0 Å². The number of aliphatic hydroxyl groups excluding tert-OH is 4. The van der Waals surface area contributed by atoms with E-state index in [0.29, 0.717) is 18.4 Å². The Bertz CT molecular complexity index is 1820. The molecule has 3 aromatic rings. The van der Waals surface area contributed by atoms with E-state index in [0.717, 1.165) is 18.2 Å².